The highest BCUT2D eigenvalue weighted by molar-refractivity contribution is 14.0. The maximum atomic E-state index is 11.8. The highest BCUT2D eigenvalue weighted by Gasteiger charge is 2.31. The summed E-state index contributed by atoms with van der Waals surface area (Å²) in [6.45, 7) is 4.35. The number of sulfonamides is 1. The minimum atomic E-state index is -3.16. The summed E-state index contributed by atoms with van der Waals surface area (Å²) in [6.07, 6.45) is 4.81. The van der Waals surface area contributed by atoms with Gasteiger partial charge in [-0.15, -0.1) is 35.3 Å². The van der Waals surface area contributed by atoms with Gasteiger partial charge in [-0.2, -0.15) is 4.31 Å². The van der Waals surface area contributed by atoms with Gasteiger partial charge in [-0.1, -0.05) is 0 Å². The van der Waals surface area contributed by atoms with Crippen LogP contribution in [0.25, 0.3) is 0 Å². The summed E-state index contributed by atoms with van der Waals surface area (Å²) in [4.78, 5) is 13.1. The molecule has 3 heterocycles. The number of nitrogens with zero attached hydrogens (tertiary/aromatic N) is 5. The van der Waals surface area contributed by atoms with E-state index >= 15 is 0 Å². The van der Waals surface area contributed by atoms with Crippen LogP contribution in [-0.4, -0.2) is 80.1 Å². The molecule has 8 nitrogen and oxygen atoms in total. The van der Waals surface area contributed by atoms with Gasteiger partial charge < -0.3 is 15.5 Å². The van der Waals surface area contributed by atoms with Crippen LogP contribution in [0.3, 0.4) is 0 Å². The normalized spacial score (nSPS) is 22.9. The van der Waals surface area contributed by atoms with Crippen LogP contribution >= 0.6 is 35.3 Å². The molecular formula is C14H25IN6O2S2. The zero-order chi connectivity index (χ0) is 17.2. The minimum absolute atomic E-state index is 0. The Kier molecular flexibility index (Phi) is 7.29. The van der Waals surface area contributed by atoms with E-state index in [1.165, 1.54) is 6.26 Å². The SMILES string of the molecule is CS(=O)(=O)N1CCC[C@@H]1CN=C(N)N1CCN(c2nccs2)CC1.I. The Balaban J connectivity index is 0.00000225. The monoisotopic (exact) mass is 500 g/mol. The summed E-state index contributed by atoms with van der Waals surface area (Å²) in [5, 5.41) is 3.02. The van der Waals surface area contributed by atoms with Gasteiger partial charge in [0.25, 0.3) is 0 Å². The van der Waals surface area contributed by atoms with Gasteiger partial charge in [0.15, 0.2) is 11.1 Å². The van der Waals surface area contributed by atoms with Crippen LogP contribution in [0, 0.1) is 0 Å². The first-order valence-electron chi connectivity index (χ1n) is 8.11. The van der Waals surface area contributed by atoms with E-state index in [1.807, 2.05) is 11.6 Å². The molecule has 0 aliphatic carbocycles. The first kappa shape index (κ1) is 20.6. The molecule has 2 N–H and O–H groups in total. The van der Waals surface area contributed by atoms with Gasteiger partial charge in [0, 0.05) is 50.3 Å². The number of halogens is 1. The van der Waals surface area contributed by atoms with Gasteiger partial charge >= 0.3 is 0 Å². The summed E-state index contributed by atoms with van der Waals surface area (Å²) >= 11 is 1.64. The van der Waals surface area contributed by atoms with Crippen molar-refractivity contribution in [3.05, 3.63) is 11.6 Å². The van der Waals surface area contributed by atoms with Gasteiger partial charge in [0.05, 0.1) is 12.8 Å². The Morgan fingerprint density at radius 3 is 2.68 bits per heavy atom. The van der Waals surface area contributed by atoms with Crippen LogP contribution in [0.4, 0.5) is 5.13 Å². The number of nitrogens with two attached hydrogens (primary N) is 1. The number of rotatable bonds is 4. The molecule has 1 aromatic rings. The molecule has 2 aliphatic rings. The van der Waals surface area contributed by atoms with E-state index in [-0.39, 0.29) is 30.0 Å². The van der Waals surface area contributed by atoms with Crippen LogP contribution in [-0.2, 0) is 10.0 Å². The van der Waals surface area contributed by atoms with Gasteiger partial charge in [0.1, 0.15) is 0 Å². The molecule has 0 amide bonds. The molecule has 0 unspecified atom stereocenters. The standard InChI is InChI=1S/C14H24N6O2S2.HI/c1-24(21,22)20-5-2-3-12(20)11-17-13(15)18-6-8-19(9-7-18)14-16-4-10-23-14;/h4,10,12H,2-3,5-9,11H2,1H3,(H2,15,17);1H/t12-;/m1./s1. The molecular weight excluding hydrogens is 475 g/mol. The van der Waals surface area contributed by atoms with Crippen LogP contribution in [0.2, 0.25) is 0 Å². The number of piperazine rings is 1. The third kappa shape index (κ3) is 5.17. The molecule has 2 aliphatic heterocycles. The van der Waals surface area contributed by atoms with Crippen molar-refractivity contribution in [3.63, 3.8) is 0 Å². The Morgan fingerprint density at radius 1 is 1.36 bits per heavy atom. The molecule has 0 saturated carbocycles. The number of aromatic nitrogens is 1. The highest BCUT2D eigenvalue weighted by Crippen LogP contribution is 2.21. The van der Waals surface area contributed by atoms with E-state index in [0.29, 0.717) is 19.0 Å². The Hall–Kier alpha value is -0.660. The Bertz CT molecular complexity index is 674. The molecule has 25 heavy (non-hydrogen) atoms. The summed E-state index contributed by atoms with van der Waals surface area (Å²) in [6, 6.07) is -0.0600. The Labute approximate surface area is 170 Å². The molecule has 2 saturated heterocycles. The predicted octanol–water partition coefficient (Wildman–Crippen LogP) is 0.622. The van der Waals surface area contributed by atoms with Crippen LogP contribution in [0.5, 0.6) is 0 Å². The van der Waals surface area contributed by atoms with E-state index in [0.717, 1.165) is 44.2 Å². The summed E-state index contributed by atoms with van der Waals surface area (Å²) in [5.74, 6) is 0.508. The van der Waals surface area contributed by atoms with Gasteiger partial charge in [-0.3, -0.25) is 4.99 Å². The van der Waals surface area contributed by atoms with Crippen LogP contribution in [0.15, 0.2) is 16.6 Å². The molecule has 0 radical (unpaired) electrons. The van der Waals surface area contributed by atoms with Crippen molar-refractivity contribution in [1.29, 1.82) is 0 Å². The fourth-order valence-corrected chi connectivity index (χ4v) is 5.10. The average molecular weight is 500 g/mol. The summed E-state index contributed by atoms with van der Waals surface area (Å²) < 4.78 is 25.1. The smallest absolute Gasteiger partial charge is 0.211 e. The molecule has 11 heteroatoms. The van der Waals surface area contributed by atoms with E-state index in [4.69, 9.17) is 5.73 Å². The number of thiazole rings is 1. The average Bonchev–Trinajstić information content (AvgIpc) is 3.23. The Morgan fingerprint density at radius 2 is 2.08 bits per heavy atom. The molecule has 142 valence electrons. The third-order valence-corrected chi connectivity index (χ3v) is 6.67. The van der Waals surface area contributed by atoms with Crippen molar-refractivity contribution >= 4 is 56.4 Å². The third-order valence-electron chi connectivity index (χ3n) is 4.51. The van der Waals surface area contributed by atoms with E-state index < -0.39 is 10.0 Å². The maximum Gasteiger partial charge on any atom is 0.211 e. The zero-order valence-corrected chi connectivity index (χ0v) is 18.2. The van der Waals surface area contributed by atoms with E-state index in [9.17, 15) is 8.42 Å². The minimum Gasteiger partial charge on any atom is -0.370 e. The molecule has 0 bridgehead atoms. The fraction of sp³-hybridized carbons (Fsp3) is 0.714. The second-order valence-corrected chi connectivity index (χ2v) is 8.97. The number of aliphatic imine (C=N–C) groups is 1. The van der Waals surface area contributed by atoms with E-state index in [1.54, 1.807) is 15.6 Å². The second kappa shape index (κ2) is 8.82. The first-order chi connectivity index (χ1) is 11.4. The zero-order valence-electron chi connectivity index (χ0n) is 14.2. The van der Waals surface area contributed by atoms with Crippen molar-refractivity contribution < 1.29 is 8.42 Å². The number of hydrogen-bond acceptors (Lipinski definition) is 6. The fourth-order valence-electron chi connectivity index (χ4n) is 3.23. The lowest BCUT2D eigenvalue weighted by Gasteiger charge is -2.35. The molecule has 0 spiro atoms. The number of hydrogen-bond donors (Lipinski definition) is 1. The molecule has 2 fully saturated rings. The van der Waals surface area contributed by atoms with Crippen molar-refractivity contribution in [3.8, 4) is 0 Å². The van der Waals surface area contributed by atoms with Crippen molar-refractivity contribution in [2.45, 2.75) is 18.9 Å². The van der Waals surface area contributed by atoms with Crippen LogP contribution in [0.1, 0.15) is 12.8 Å². The quantitative estimate of drug-likeness (QED) is 0.370. The second-order valence-electron chi connectivity index (χ2n) is 6.16. The molecule has 3 rings (SSSR count). The summed E-state index contributed by atoms with van der Waals surface area (Å²) in [5.41, 5.74) is 6.12. The van der Waals surface area contributed by atoms with Gasteiger partial charge in [0.2, 0.25) is 10.0 Å². The molecule has 1 aromatic heterocycles. The van der Waals surface area contributed by atoms with Crippen molar-refractivity contribution in [2.24, 2.45) is 10.7 Å². The number of guanidine groups is 1. The van der Waals surface area contributed by atoms with Gasteiger partial charge in [-0.25, -0.2) is 13.4 Å². The largest absolute Gasteiger partial charge is 0.370 e. The molecule has 0 aromatic carbocycles. The lowest BCUT2D eigenvalue weighted by atomic mass is 10.2. The topological polar surface area (TPSA) is 95.1 Å². The van der Waals surface area contributed by atoms with Crippen LogP contribution < -0.4 is 10.6 Å². The van der Waals surface area contributed by atoms with Crippen molar-refractivity contribution in [1.82, 2.24) is 14.2 Å². The van der Waals surface area contributed by atoms with E-state index in [2.05, 4.69) is 19.8 Å². The first-order valence-corrected chi connectivity index (χ1v) is 10.8. The highest BCUT2D eigenvalue weighted by atomic mass is 127. The lowest BCUT2D eigenvalue weighted by molar-refractivity contribution is 0.372. The predicted molar refractivity (Wildman–Crippen MR) is 112 cm³/mol. The number of anilines is 1. The lowest BCUT2D eigenvalue weighted by Crippen LogP contribution is -2.51. The summed E-state index contributed by atoms with van der Waals surface area (Å²) in [7, 11) is -3.16. The van der Waals surface area contributed by atoms with Crippen molar-refractivity contribution in [2.75, 3.05) is 50.4 Å². The molecule has 1 atom stereocenters. The maximum absolute atomic E-state index is 11.8. The van der Waals surface area contributed by atoms with Gasteiger partial charge in [-0.05, 0) is 12.8 Å².